The number of fused-ring (bicyclic) bond motifs is 2. The van der Waals surface area contributed by atoms with Gasteiger partial charge in [-0.1, -0.05) is 18.2 Å². The molecular weight excluding hydrogens is 206 g/mol. The molecule has 1 aliphatic heterocycles. The van der Waals surface area contributed by atoms with E-state index < -0.39 is 17.3 Å². The van der Waals surface area contributed by atoms with Crippen molar-refractivity contribution in [3.05, 3.63) is 29.8 Å². The first-order valence-electron chi connectivity index (χ1n) is 5.19. The van der Waals surface area contributed by atoms with Crippen molar-refractivity contribution in [1.29, 1.82) is 0 Å². The van der Waals surface area contributed by atoms with E-state index in [1.807, 2.05) is 24.3 Å². The average molecular weight is 217 g/mol. The van der Waals surface area contributed by atoms with Crippen LogP contribution in [0.15, 0.2) is 24.3 Å². The summed E-state index contributed by atoms with van der Waals surface area (Å²) in [5, 5.41) is 9.04. The lowest BCUT2D eigenvalue weighted by molar-refractivity contribution is -0.140. The van der Waals surface area contributed by atoms with Gasteiger partial charge in [0.15, 0.2) is 0 Å². The van der Waals surface area contributed by atoms with Gasteiger partial charge in [-0.15, -0.1) is 0 Å². The van der Waals surface area contributed by atoms with Gasteiger partial charge in [0.2, 0.25) is 5.91 Å². The van der Waals surface area contributed by atoms with Crippen LogP contribution >= 0.6 is 0 Å². The van der Waals surface area contributed by atoms with Crippen molar-refractivity contribution >= 4 is 17.6 Å². The molecule has 0 unspecified atom stereocenters. The van der Waals surface area contributed by atoms with Crippen molar-refractivity contribution in [3.8, 4) is 0 Å². The molecule has 1 amide bonds. The second kappa shape index (κ2) is 2.64. The fourth-order valence-corrected chi connectivity index (χ4v) is 2.76. The molecule has 16 heavy (non-hydrogen) atoms. The maximum atomic E-state index is 12.1. The number of amides is 1. The second-order valence-corrected chi connectivity index (χ2v) is 4.45. The highest BCUT2D eigenvalue weighted by Crippen LogP contribution is 2.61. The summed E-state index contributed by atoms with van der Waals surface area (Å²) in [6.07, 6.45) is 0.433. The number of anilines is 1. The van der Waals surface area contributed by atoms with Crippen molar-refractivity contribution < 1.29 is 14.7 Å². The first kappa shape index (κ1) is 9.39. The maximum Gasteiger partial charge on any atom is 0.307 e. The highest BCUT2D eigenvalue weighted by molar-refractivity contribution is 6.13. The molecule has 3 rings (SSSR count). The zero-order chi connectivity index (χ0) is 11.5. The quantitative estimate of drug-likeness (QED) is 0.763. The number of carboxylic acid groups (broad SMARTS) is 1. The third-order valence-electron chi connectivity index (χ3n) is 3.69. The maximum absolute atomic E-state index is 12.1. The minimum absolute atomic E-state index is 0.0823. The van der Waals surface area contributed by atoms with Crippen LogP contribution in [-0.4, -0.2) is 24.0 Å². The molecule has 2 aliphatic rings. The van der Waals surface area contributed by atoms with Gasteiger partial charge in [-0.2, -0.15) is 0 Å². The van der Waals surface area contributed by atoms with Gasteiger partial charge in [0.05, 0.1) is 11.3 Å². The third kappa shape index (κ3) is 0.852. The molecule has 1 aromatic carbocycles. The summed E-state index contributed by atoms with van der Waals surface area (Å²) in [6, 6.07) is 7.43. The molecule has 4 nitrogen and oxygen atoms in total. The number of nitrogens with zero attached hydrogens (tertiary/aromatic N) is 1. The lowest BCUT2D eigenvalue weighted by Crippen LogP contribution is -2.30. The molecule has 1 saturated carbocycles. The van der Waals surface area contributed by atoms with E-state index in [-0.39, 0.29) is 5.91 Å². The van der Waals surface area contributed by atoms with Gasteiger partial charge in [-0.3, -0.25) is 9.59 Å². The Kier molecular flexibility index (Phi) is 1.55. The predicted octanol–water partition coefficient (Wildman–Crippen LogP) is 1.01. The monoisotopic (exact) mass is 217 g/mol. The van der Waals surface area contributed by atoms with E-state index in [9.17, 15) is 9.59 Å². The van der Waals surface area contributed by atoms with Crippen LogP contribution in [0.5, 0.6) is 0 Å². The normalized spacial score (nSPS) is 30.7. The molecule has 1 spiro atoms. The lowest BCUT2D eigenvalue weighted by atomic mass is 9.95. The molecule has 1 aromatic rings. The number of hydrogen-bond donors (Lipinski definition) is 1. The Labute approximate surface area is 92.5 Å². The van der Waals surface area contributed by atoms with Gasteiger partial charge in [-0.25, -0.2) is 0 Å². The summed E-state index contributed by atoms with van der Waals surface area (Å²) in [5.74, 6) is -1.51. The highest BCUT2D eigenvalue weighted by atomic mass is 16.4. The summed E-state index contributed by atoms with van der Waals surface area (Å²) >= 11 is 0. The van der Waals surface area contributed by atoms with Gasteiger partial charge < -0.3 is 10.0 Å². The molecule has 1 aliphatic carbocycles. The predicted molar refractivity (Wildman–Crippen MR) is 57.3 cm³/mol. The fourth-order valence-electron chi connectivity index (χ4n) is 2.76. The van der Waals surface area contributed by atoms with Gasteiger partial charge >= 0.3 is 5.97 Å². The largest absolute Gasteiger partial charge is 0.481 e. The number of carbonyl (C=O) groups is 2. The summed E-state index contributed by atoms with van der Waals surface area (Å²) in [7, 11) is 1.70. The Morgan fingerprint density at radius 1 is 1.50 bits per heavy atom. The molecule has 0 bridgehead atoms. The Morgan fingerprint density at radius 3 is 2.81 bits per heavy atom. The van der Waals surface area contributed by atoms with Crippen LogP contribution in [-0.2, 0) is 15.0 Å². The van der Waals surface area contributed by atoms with Crippen molar-refractivity contribution in [2.24, 2.45) is 5.92 Å². The minimum atomic E-state index is -0.876. The van der Waals surface area contributed by atoms with Crippen molar-refractivity contribution in [3.63, 3.8) is 0 Å². The van der Waals surface area contributed by atoms with Crippen molar-refractivity contribution in [2.75, 3.05) is 11.9 Å². The zero-order valence-electron chi connectivity index (χ0n) is 8.80. The third-order valence-corrected chi connectivity index (χ3v) is 3.69. The van der Waals surface area contributed by atoms with E-state index in [0.29, 0.717) is 6.42 Å². The van der Waals surface area contributed by atoms with Gasteiger partial charge in [0, 0.05) is 12.7 Å². The van der Waals surface area contributed by atoms with E-state index >= 15 is 0 Å². The van der Waals surface area contributed by atoms with Crippen LogP contribution in [0.25, 0.3) is 0 Å². The van der Waals surface area contributed by atoms with E-state index in [0.717, 1.165) is 11.3 Å². The molecule has 4 heteroatoms. The van der Waals surface area contributed by atoms with Gasteiger partial charge in [0.1, 0.15) is 0 Å². The lowest BCUT2D eigenvalue weighted by Gasteiger charge is -2.09. The Bertz CT molecular complexity index is 511. The van der Waals surface area contributed by atoms with E-state index in [1.165, 1.54) is 0 Å². The van der Waals surface area contributed by atoms with Crippen LogP contribution in [0, 0.1) is 5.92 Å². The number of para-hydroxylation sites is 1. The molecule has 0 radical (unpaired) electrons. The molecule has 2 atom stereocenters. The second-order valence-electron chi connectivity index (χ2n) is 4.45. The molecule has 0 saturated heterocycles. The average Bonchev–Trinajstić information content (AvgIpc) is 2.99. The van der Waals surface area contributed by atoms with E-state index in [1.54, 1.807) is 11.9 Å². The van der Waals surface area contributed by atoms with Crippen molar-refractivity contribution in [2.45, 2.75) is 11.8 Å². The number of carbonyl (C=O) groups excluding carboxylic acids is 1. The number of carboxylic acids is 1. The summed E-state index contributed by atoms with van der Waals surface area (Å²) in [6.45, 7) is 0. The Balaban J connectivity index is 2.17. The number of benzene rings is 1. The fraction of sp³-hybridized carbons (Fsp3) is 0.333. The minimum Gasteiger partial charge on any atom is -0.481 e. The number of aliphatic carboxylic acids is 1. The molecule has 0 aromatic heterocycles. The summed E-state index contributed by atoms with van der Waals surface area (Å²) < 4.78 is 0. The first-order chi connectivity index (χ1) is 7.59. The van der Waals surface area contributed by atoms with Crippen LogP contribution < -0.4 is 4.90 Å². The molecular formula is C12H11NO3. The van der Waals surface area contributed by atoms with Crippen molar-refractivity contribution in [1.82, 2.24) is 0 Å². The standard InChI is InChI=1S/C12H11NO3/c1-13-9-5-3-2-4-7(9)12(11(13)16)6-8(12)10(14)15/h2-5,8H,6H2,1H3,(H,14,15)/t8-,12-/m0/s1. The molecule has 1 N–H and O–H groups in total. The summed E-state index contributed by atoms with van der Waals surface area (Å²) in [4.78, 5) is 24.7. The van der Waals surface area contributed by atoms with Gasteiger partial charge in [0.25, 0.3) is 0 Å². The summed E-state index contributed by atoms with van der Waals surface area (Å²) in [5.41, 5.74) is 0.947. The SMILES string of the molecule is CN1C(=O)[C@@]2(C[C@H]2C(=O)O)c2ccccc21. The molecule has 82 valence electrons. The zero-order valence-corrected chi connectivity index (χ0v) is 8.80. The smallest absolute Gasteiger partial charge is 0.307 e. The van der Waals surface area contributed by atoms with Gasteiger partial charge in [-0.05, 0) is 18.1 Å². The highest BCUT2D eigenvalue weighted by Gasteiger charge is 2.69. The Hall–Kier alpha value is -1.84. The topological polar surface area (TPSA) is 57.6 Å². The number of hydrogen-bond acceptors (Lipinski definition) is 2. The van der Waals surface area contributed by atoms with Crippen LogP contribution in [0.4, 0.5) is 5.69 Å². The van der Waals surface area contributed by atoms with Crippen LogP contribution in [0.3, 0.4) is 0 Å². The first-order valence-corrected chi connectivity index (χ1v) is 5.19. The Morgan fingerprint density at radius 2 is 2.19 bits per heavy atom. The van der Waals surface area contributed by atoms with E-state index in [4.69, 9.17) is 5.11 Å². The number of rotatable bonds is 1. The molecule has 1 heterocycles. The van der Waals surface area contributed by atoms with E-state index in [2.05, 4.69) is 0 Å². The van der Waals surface area contributed by atoms with Crippen LogP contribution in [0.2, 0.25) is 0 Å². The molecule has 1 fully saturated rings. The number of likely N-dealkylation sites (N-methyl/N-ethyl adjacent to an activating group) is 1. The van der Waals surface area contributed by atoms with Crippen LogP contribution in [0.1, 0.15) is 12.0 Å².